The second-order valence-electron chi connectivity index (χ2n) is 2.11. The molecule has 1 aromatic heterocycles. The van der Waals surface area contributed by atoms with Crippen molar-refractivity contribution in [3.63, 3.8) is 0 Å². The predicted octanol–water partition coefficient (Wildman–Crippen LogP) is -0.176. The molecule has 5 nitrogen and oxygen atoms in total. The molecule has 0 aliphatic heterocycles. The largest absolute Gasteiger partial charge is 0.303 e. The van der Waals surface area contributed by atoms with Crippen molar-refractivity contribution in [1.29, 1.82) is 0 Å². The first-order chi connectivity index (χ1) is 5.36. The third-order valence-corrected chi connectivity index (χ3v) is 1.26. The fraction of sp³-hybridized carbons (Fsp3) is 0.667. The van der Waals surface area contributed by atoms with Crippen LogP contribution in [0.15, 0.2) is 0 Å². The number of aryl methyl sites for hydroxylation is 2. The van der Waals surface area contributed by atoms with Crippen LogP contribution in [0.1, 0.15) is 19.2 Å². The van der Waals surface area contributed by atoms with Gasteiger partial charge >= 0.3 is 0 Å². The summed E-state index contributed by atoms with van der Waals surface area (Å²) in [7, 11) is 0. The molecule has 0 fully saturated rings. The van der Waals surface area contributed by atoms with Gasteiger partial charge in [0.25, 0.3) is 0 Å². The molecule has 60 valence electrons. The van der Waals surface area contributed by atoms with Crippen molar-refractivity contribution in [2.45, 2.75) is 26.3 Å². The van der Waals surface area contributed by atoms with Gasteiger partial charge in [-0.05, 0) is 5.21 Å². The van der Waals surface area contributed by atoms with E-state index in [0.29, 0.717) is 13.0 Å². The van der Waals surface area contributed by atoms with Gasteiger partial charge in [-0.2, -0.15) is 4.80 Å². The minimum Gasteiger partial charge on any atom is -0.303 e. The normalized spacial score (nSPS) is 9.91. The van der Waals surface area contributed by atoms with Crippen LogP contribution in [0.4, 0.5) is 0 Å². The average molecular weight is 154 g/mol. The van der Waals surface area contributed by atoms with Gasteiger partial charge in [0.05, 0.1) is 6.54 Å². The number of aromatic nitrogens is 4. The van der Waals surface area contributed by atoms with Crippen molar-refractivity contribution < 1.29 is 4.79 Å². The summed E-state index contributed by atoms with van der Waals surface area (Å²) in [6.45, 7) is 2.48. The van der Waals surface area contributed by atoms with E-state index >= 15 is 0 Å². The van der Waals surface area contributed by atoms with Crippen LogP contribution >= 0.6 is 0 Å². The summed E-state index contributed by atoms with van der Waals surface area (Å²) in [4.78, 5) is 11.4. The first-order valence-electron chi connectivity index (χ1n) is 3.57. The summed E-state index contributed by atoms with van der Waals surface area (Å²) in [5.74, 6) is 0.718. The monoisotopic (exact) mass is 154 g/mol. The van der Waals surface area contributed by atoms with Crippen molar-refractivity contribution in [2.24, 2.45) is 0 Å². The molecule has 0 bridgehead atoms. The van der Waals surface area contributed by atoms with Crippen LogP contribution in [-0.2, 0) is 17.8 Å². The summed E-state index contributed by atoms with van der Waals surface area (Å²) in [6, 6.07) is 0. The number of carbonyl (C=O) groups excluding carboxylic acids is 1. The number of hydrogen-bond acceptors (Lipinski definition) is 4. The Morgan fingerprint density at radius 3 is 3.00 bits per heavy atom. The van der Waals surface area contributed by atoms with E-state index in [1.165, 1.54) is 4.80 Å². The highest BCUT2D eigenvalue weighted by atomic mass is 16.1. The van der Waals surface area contributed by atoms with Gasteiger partial charge in [-0.25, -0.2) is 0 Å². The number of carbonyl (C=O) groups is 1. The highest BCUT2D eigenvalue weighted by Crippen LogP contribution is 1.87. The van der Waals surface area contributed by atoms with Crippen LogP contribution in [0, 0.1) is 0 Å². The zero-order valence-electron chi connectivity index (χ0n) is 6.40. The van der Waals surface area contributed by atoms with Gasteiger partial charge < -0.3 is 4.79 Å². The highest BCUT2D eigenvalue weighted by Gasteiger charge is 1.97. The van der Waals surface area contributed by atoms with E-state index in [0.717, 1.165) is 18.5 Å². The minimum atomic E-state index is 0.444. The van der Waals surface area contributed by atoms with Gasteiger partial charge in [-0.1, -0.05) is 6.92 Å². The maximum Gasteiger partial charge on any atom is 0.174 e. The van der Waals surface area contributed by atoms with Crippen molar-refractivity contribution in [3.05, 3.63) is 5.82 Å². The maximum absolute atomic E-state index is 9.97. The van der Waals surface area contributed by atoms with E-state index in [9.17, 15) is 4.79 Å². The molecule has 1 rings (SSSR count). The summed E-state index contributed by atoms with van der Waals surface area (Å²) in [5, 5.41) is 11.5. The SMILES string of the molecule is CCc1nnn(CCC=O)n1. The smallest absolute Gasteiger partial charge is 0.174 e. The quantitative estimate of drug-likeness (QED) is 0.564. The molecule has 0 saturated carbocycles. The number of aldehydes is 1. The Labute approximate surface area is 64.4 Å². The van der Waals surface area contributed by atoms with E-state index < -0.39 is 0 Å². The average Bonchev–Trinajstić information content (AvgIpc) is 2.48. The van der Waals surface area contributed by atoms with Crippen LogP contribution < -0.4 is 0 Å². The number of tetrazole rings is 1. The third kappa shape index (κ3) is 2.10. The van der Waals surface area contributed by atoms with Crippen LogP contribution in [0.25, 0.3) is 0 Å². The second-order valence-corrected chi connectivity index (χ2v) is 2.11. The van der Waals surface area contributed by atoms with Gasteiger partial charge in [0.15, 0.2) is 5.82 Å². The van der Waals surface area contributed by atoms with E-state index in [4.69, 9.17) is 0 Å². The van der Waals surface area contributed by atoms with Crippen LogP contribution in [0.2, 0.25) is 0 Å². The zero-order valence-corrected chi connectivity index (χ0v) is 6.40. The molecule has 1 aromatic rings. The molecule has 11 heavy (non-hydrogen) atoms. The Morgan fingerprint density at radius 2 is 2.45 bits per heavy atom. The van der Waals surface area contributed by atoms with Crippen LogP contribution in [-0.4, -0.2) is 26.5 Å². The molecule has 0 atom stereocenters. The summed E-state index contributed by atoms with van der Waals surface area (Å²) in [6.07, 6.45) is 2.07. The van der Waals surface area contributed by atoms with Crippen LogP contribution in [0.3, 0.4) is 0 Å². The molecular formula is C6H10N4O. The molecule has 5 heteroatoms. The molecular weight excluding hydrogens is 144 g/mol. The predicted molar refractivity (Wildman–Crippen MR) is 37.9 cm³/mol. The van der Waals surface area contributed by atoms with E-state index in [-0.39, 0.29) is 0 Å². The fourth-order valence-corrected chi connectivity index (χ4v) is 0.681. The molecule has 0 aliphatic carbocycles. The number of nitrogens with zero attached hydrogens (tertiary/aromatic N) is 4. The lowest BCUT2D eigenvalue weighted by atomic mass is 10.5. The first kappa shape index (κ1) is 7.84. The Hall–Kier alpha value is -1.26. The number of rotatable bonds is 4. The fourth-order valence-electron chi connectivity index (χ4n) is 0.681. The van der Waals surface area contributed by atoms with Gasteiger partial charge in [0.2, 0.25) is 0 Å². The van der Waals surface area contributed by atoms with Gasteiger partial charge in [-0.3, -0.25) is 0 Å². The molecule has 1 heterocycles. The van der Waals surface area contributed by atoms with E-state index in [2.05, 4.69) is 15.4 Å². The van der Waals surface area contributed by atoms with Crippen molar-refractivity contribution >= 4 is 6.29 Å². The molecule has 0 radical (unpaired) electrons. The highest BCUT2D eigenvalue weighted by molar-refractivity contribution is 5.48. The lowest BCUT2D eigenvalue weighted by Crippen LogP contribution is -2.03. The Bertz CT molecular complexity index is 232. The van der Waals surface area contributed by atoms with Crippen molar-refractivity contribution in [1.82, 2.24) is 20.2 Å². The standard InChI is InChI=1S/C6H10N4O/c1-2-6-7-9-10(8-6)4-3-5-11/h5H,2-4H2,1H3. The lowest BCUT2D eigenvalue weighted by Gasteiger charge is -1.89. The molecule has 0 amide bonds. The van der Waals surface area contributed by atoms with Crippen molar-refractivity contribution in [2.75, 3.05) is 0 Å². The maximum atomic E-state index is 9.97. The van der Waals surface area contributed by atoms with E-state index in [1.807, 2.05) is 6.92 Å². The molecule has 0 N–H and O–H groups in total. The summed E-state index contributed by atoms with van der Waals surface area (Å²) in [5.41, 5.74) is 0. The lowest BCUT2D eigenvalue weighted by molar-refractivity contribution is -0.108. The Morgan fingerprint density at radius 1 is 1.64 bits per heavy atom. The molecule has 0 aliphatic rings. The second kappa shape index (κ2) is 3.80. The van der Waals surface area contributed by atoms with Crippen LogP contribution in [0.5, 0.6) is 0 Å². The third-order valence-electron chi connectivity index (χ3n) is 1.26. The van der Waals surface area contributed by atoms with Gasteiger partial charge in [-0.15, -0.1) is 10.2 Å². The minimum absolute atomic E-state index is 0.444. The Balaban J connectivity index is 2.50. The molecule has 0 aromatic carbocycles. The first-order valence-corrected chi connectivity index (χ1v) is 3.57. The van der Waals surface area contributed by atoms with E-state index in [1.54, 1.807) is 0 Å². The van der Waals surface area contributed by atoms with Gasteiger partial charge in [0.1, 0.15) is 6.29 Å². The summed E-state index contributed by atoms with van der Waals surface area (Å²) < 4.78 is 0. The zero-order chi connectivity index (χ0) is 8.10. The molecule has 0 unspecified atom stereocenters. The number of hydrogen-bond donors (Lipinski definition) is 0. The van der Waals surface area contributed by atoms with Gasteiger partial charge in [0, 0.05) is 12.8 Å². The Kier molecular flexibility index (Phi) is 2.71. The topological polar surface area (TPSA) is 60.7 Å². The van der Waals surface area contributed by atoms with Crippen molar-refractivity contribution in [3.8, 4) is 0 Å². The molecule has 0 saturated heterocycles. The molecule has 0 spiro atoms. The summed E-state index contributed by atoms with van der Waals surface area (Å²) >= 11 is 0.